The van der Waals surface area contributed by atoms with Gasteiger partial charge in [0.15, 0.2) is 6.10 Å². The lowest BCUT2D eigenvalue weighted by Gasteiger charge is -2.16. The SMILES string of the molecule is CCCCC(CC)COC(=O)[C@H](C)OC(=O)F. The molecule has 4 nitrogen and oxygen atoms in total. The van der Waals surface area contributed by atoms with E-state index < -0.39 is 18.3 Å². The molecule has 0 aliphatic rings. The highest BCUT2D eigenvalue weighted by molar-refractivity contribution is 5.76. The van der Waals surface area contributed by atoms with Gasteiger partial charge < -0.3 is 9.47 Å². The van der Waals surface area contributed by atoms with Crippen molar-refractivity contribution in [1.29, 1.82) is 0 Å². The van der Waals surface area contributed by atoms with E-state index in [1.807, 2.05) is 6.92 Å². The van der Waals surface area contributed by atoms with Crippen LogP contribution in [0.25, 0.3) is 0 Å². The molecule has 0 amide bonds. The van der Waals surface area contributed by atoms with Gasteiger partial charge in [-0.25, -0.2) is 9.59 Å². The Morgan fingerprint density at radius 2 is 1.94 bits per heavy atom. The zero-order valence-electron chi connectivity index (χ0n) is 10.7. The van der Waals surface area contributed by atoms with Crippen molar-refractivity contribution >= 4 is 12.2 Å². The largest absolute Gasteiger partial charge is 0.496 e. The molecule has 0 aromatic heterocycles. The van der Waals surface area contributed by atoms with Gasteiger partial charge in [-0.3, -0.25) is 0 Å². The van der Waals surface area contributed by atoms with Crippen LogP contribution in [-0.2, 0) is 14.3 Å². The lowest BCUT2D eigenvalue weighted by Crippen LogP contribution is -2.26. The number of hydrogen-bond acceptors (Lipinski definition) is 4. The Kier molecular flexibility index (Phi) is 8.36. The standard InChI is InChI=1S/C12H21FO4/c1-4-6-7-10(5-2)8-16-11(14)9(3)17-12(13)15/h9-10H,4-8H2,1-3H3/t9-,10?/m0/s1. The number of ether oxygens (including phenoxy) is 2. The van der Waals surface area contributed by atoms with Crippen molar-refractivity contribution in [3.63, 3.8) is 0 Å². The fourth-order valence-corrected chi connectivity index (χ4v) is 1.40. The highest BCUT2D eigenvalue weighted by Gasteiger charge is 2.20. The van der Waals surface area contributed by atoms with Crippen molar-refractivity contribution in [2.45, 2.75) is 52.6 Å². The van der Waals surface area contributed by atoms with Crippen LogP contribution in [0.1, 0.15) is 46.5 Å². The number of unbranched alkanes of at least 4 members (excludes halogenated alkanes) is 1. The number of esters is 1. The molecule has 1 unspecified atom stereocenters. The zero-order valence-corrected chi connectivity index (χ0v) is 10.7. The second-order valence-electron chi connectivity index (χ2n) is 4.04. The van der Waals surface area contributed by atoms with E-state index in [1.54, 1.807) is 0 Å². The Morgan fingerprint density at radius 3 is 2.41 bits per heavy atom. The fraction of sp³-hybridized carbons (Fsp3) is 0.833. The summed E-state index contributed by atoms with van der Waals surface area (Å²) in [5.41, 5.74) is 0. The van der Waals surface area contributed by atoms with E-state index in [4.69, 9.17) is 4.74 Å². The molecule has 17 heavy (non-hydrogen) atoms. The Balaban J connectivity index is 3.90. The molecule has 0 N–H and O–H groups in total. The number of carbonyl (C=O) groups is 2. The van der Waals surface area contributed by atoms with Gasteiger partial charge in [-0.15, -0.1) is 4.39 Å². The first-order valence-electron chi connectivity index (χ1n) is 6.03. The smallest absolute Gasteiger partial charge is 0.463 e. The van der Waals surface area contributed by atoms with Crippen molar-refractivity contribution in [1.82, 2.24) is 0 Å². The van der Waals surface area contributed by atoms with Gasteiger partial charge >= 0.3 is 12.2 Å². The van der Waals surface area contributed by atoms with E-state index in [-0.39, 0.29) is 0 Å². The normalized spacial score (nSPS) is 13.9. The fourth-order valence-electron chi connectivity index (χ4n) is 1.40. The van der Waals surface area contributed by atoms with Gasteiger partial charge in [0.25, 0.3) is 0 Å². The third-order valence-corrected chi connectivity index (χ3v) is 2.61. The first-order valence-corrected chi connectivity index (χ1v) is 6.03. The maximum atomic E-state index is 11.9. The van der Waals surface area contributed by atoms with Gasteiger partial charge in [0.2, 0.25) is 0 Å². The van der Waals surface area contributed by atoms with Crippen LogP contribution in [0.4, 0.5) is 9.18 Å². The average Bonchev–Trinajstić information content (AvgIpc) is 2.28. The summed E-state index contributed by atoms with van der Waals surface area (Å²) in [6.45, 7) is 5.71. The molecule has 0 heterocycles. The molecule has 0 radical (unpaired) electrons. The van der Waals surface area contributed by atoms with Gasteiger partial charge in [-0.2, -0.15) is 0 Å². The highest BCUT2D eigenvalue weighted by Crippen LogP contribution is 2.13. The van der Waals surface area contributed by atoms with E-state index in [2.05, 4.69) is 11.7 Å². The predicted octanol–water partition coefficient (Wildman–Crippen LogP) is 3.24. The lowest BCUT2D eigenvalue weighted by atomic mass is 10.0. The Bertz CT molecular complexity index is 243. The minimum Gasteiger partial charge on any atom is -0.463 e. The zero-order chi connectivity index (χ0) is 13.3. The summed E-state index contributed by atoms with van der Waals surface area (Å²) in [7, 11) is 0. The molecule has 5 heteroatoms. The van der Waals surface area contributed by atoms with E-state index >= 15 is 0 Å². The number of hydrogen-bond donors (Lipinski definition) is 0. The summed E-state index contributed by atoms with van der Waals surface area (Å²) in [5.74, 6) is -0.391. The molecule has 0 bridgehead atoms. The first kappa shape index (κ1) is 15.9. The van der Waals surface area contributed by atoms with Crippen LogP contribution in [0.15, 0.2) is 0 Å². The molecule has 0 aromatic rings. The van der Waals surface area contributed by atoms with Crippen molar-refractivity contribution < 1.29 is 23.5 Å². The third kappa shape index (κ3) is 7.71. The summed E-state index contributed by atoms with van der Waals surface area (Å²) >= 11 is 0. The summed E-state index contributed by atoms with van der Waals surface area (Å²) in [5, 5.41) is 0. The van der Waals surface area contributed by atoms with Gasteiger partial charge in [-0.1, -0.05) is 33.1 Å². The summed E-state index contributed by atoms with van der Waals surface area (Å²) in [4.78, 5) is 21.3. The molecule has 0 spiro atoms. The molecule has 0 aliphatic carbocycles. The monoisotopic (exact) mass is 248 g/mol. The predicted molar refractivity (Wildman–Crippen MR) is 61.3 cm³/mol. The van der Waals surface area contributed by atoms with Crippen molar-refractivity contribution in [3.8, 4) is 0 Å². The number of rotatable bonds is 8. The second-order valence-corrected chi connectivity index (χ2v) is 4.04. The van der Waals surface area contributed by atoms with E-state index in [1.165, 1.54) is 6.92 Å². The molecule has 0 saturated heterocycles. The maximum absolute atomic E-state index is 11.9. The van der Waals surface area contributed by atoms with E-state index in [0.717, 1.165) is 25.7 Å². The average molecular weight is 248 g/mol. The Labute approximate surface area is 101 Å². The topological polar surface area (TPSA) is 52.6 Å². The van der Waals surface area contributed by atoms with Crippen LogP contribution in [0.3, 0.4) is 0 Å². The van der Waals surface area contributed by atoms with Crippen LogP contribution in [-0.4, -0.2) is 24.9 Å². The van der Waals surface area contributed by atoms with Gasteiger partial charge in [0.05, 0.1) is 6.61 Å². The van der Waals surface area contributed by atoms with Crippen molar-refractivity contribution in [2.75, 3.05) is 6.61 Å². The van der Waals surface area contributed by atoms with Crippen LogP contribution in [0.5, 0.6) is 0 Å². The molecule has 2 atom stereocenters. The highest BCUT2D eigenvalue weighted by atomic mass is 19.1. The molecule has 0 aliphatic heterocycles. The van der Waals surface area contributed by atoms with Gasteiger partial charge in [0.1, 0.15) is 0 Å². The van der Waals surface area contributed by atoms with Crippen LogP contribution >= 0.6 is 0 Å². The number of halogens is 1. The first-order chi connectivity index (χ1) is 8.01. The summed E-state index contributed by atoms with van der Waals surface area (Å²) < 4.78 is 20.9. The van der Waals surface area contributed by atoms with Crippen LogP contribution < -0.4 is 0 Å². The van der Waals surface area contributed by atoms with Crippen LogP contribution in [0.2, 0.25) is 0 Å². The molecule has 100 valence electrons. The van der Waals surface area contributed by atoms with Crippen molar-refractivity contribution in [3.05, 3.63) is 0 Å². The Hall–Kier alpha value is -1.13. The Morgan fingerprint density at radius 1 is 1.29 bits per heavy atom. The summed E-state index contributed by atoms with van der Waals surface area (Å²) in [6.07, 6.45) is 0.955. The minimum absolute atomic E-state index is 0.295. The van der Waals surface area contributed by atoms with E-state index in [9.17, 15) is 14.0 Å². The molecular formula is C12H21FO4. The van der Waals surface area contributed by atoms with Gasteiger partial charge in [0, 0.05) is 0 Å². The minimum atomic E-state index is -1.97. The lowest BCUT2D eigenvalue weighted by molar-refractivity contribution is -0.154. The van der Waals surface area contributed by atoms with E-state index in [0.29, 0.717) is 12.5 Å². The molecule has 0 aromatic carbocycles. The molecule has 0 fully saturated rings. The van der Waals surface area contributed by atoms with Crippen LogP contribution in [0, 0.1) is 5.92 Å². The molecular weight excluding hydrogens is 227 g/mol. The summed E-state index contributed by atoms with van der Waals surface area (Å²) in [6, 6.07) is 0. The van der Waals surface area contributed by atoms with Crippen molar-refractivity contribution in [2.24, 2.45) is 5.92 Å². The van der Waals surface area contributed by atoms with Gasteiger partial charge in [-0.05, 0) is 19.3 Å². The second kappa shape index (κ2) is 8.96. The number of carbonyl (C=O) groups excluding carboxylic acids is 2. The molecule has 0 saturated carbocycles. The maximum Gasteiger partial charge on any atom is 0.496 e. The third-order valence-electron chi connectivity index (χ3n) is 2.61. The molecule has 0 rings (SSSR count). The quantitative estimate of drug-likeness (QED) is 0.489.